The maximum Gasteiger partial charge on any atom is 0.312 e. The topological polar surface area (TPSA) is 63.6 Å². The fraction of sp³-hybridized carbons (Fsp3) is 0.935. The molecule has 0 amide bonds. The highest BCUT2D eigenvalue weighted by Gasteiger charge is 2.41. The smallest absolute Gasteiger partial charge is 0.312 e. The fourth-order valence-electron chi connectivity index (χ4n) is 5.21. The van der Waals surface area contributed by atoms with Crippen molar-refractivity contribution in [1.82, 2.24) is 0 Å². The molecule has 0 saturated carbocycles. The normalized spacial score (nSPS) is 15.8. The highest BCUT2D eigenvalue weighted by molar-refractivity contribution is 5.76. The molecule has 4 nitrogen and oxygen atoms in total. The van der Waals surface area contributed by atoms with Gasteiger partial charge >= 0.3 is 11.9 Å². The average molecular weight is 497 g/mol. The Labute approximate surface area is 218 Å². The zero-order valence-corrected chi connectivity index (χ0v) is 24.3. The van der Waals surface area contributed by atoms with Crippen LogP contribution in [0.25, 0.3) is 0 Å². The Bertz CT molecular complexity index is 532. The fourth-order valence-corrected chi connectivity index (χ4v) is 5.21. The Morgan fingerprint density at radius 2 is 1.26 bits per heavy atom. The second kappa shape index (κ2) is 21.1. The second-order valence-corrected chi connectivity index (χ2v) is 11.4. The molecule has 0 aliphatic rings. The number of unbranched alkanes of at least 4 members (excludes halogenated alkanes) is 8. The predicted molar refractivity (Wildman–Crippen MR) is 149 cm³/mol. The van der Waals surface area contributed by atoms with Gasteiger partial charge in [0.2, 0.25) is 0 Å². The minimum absolute atomic E-state index is 0.0355. The summed E-state index contributed by atoms with van der Waals surface area (Å²) < 4.78 is 6.05. The highest BCUT2D eigenvalue weighted by Crippen LogP contribution is 2.41. The molecule has 0 aromatic carbocycles. The van der Waals surface area contributed by atoms with Gasteiger partial charge in [0.15, 0.2) is 0 Å². The van der Waals surface area contributed by atoms with E-state index in [-0.39, 0.29) is 5.97 Å². The average Bonchev–Trinajstić information content (AvgIpc) is 2.84. The van der Waals surface area contributed by atoms with E-state index in [0.29, 0.717) is 30.8 Å². The predicted octanol–water partition coefficient (Wildman–Crippen LogP) is 9.59. The SMILES string of the molecule is CCCCC(CC)COC(=O)C(C)(CC(CC)CCCC)C(C)CCCCCCCCCC(=O)O. The molecule has 1 N–H and O–H groups in total. The third-order valence-corrected chi connectivity index (χ3v) is 8.33. The van der Waals surface area contributed by atoms with Crippen molar-refractivity contribution in [3.05, 3.63) is 0 Å². The van der Waals surface area contributed by atoms with Gasteiger partial charge in [-0.05, 0) is 50.4 Å². The summed E-state index contributed by atoms with van der Waals surface area (Å²) in [6, 6.07) is 0. The van der Waals surface area contributed by atoms with Crippen molar-refractivity contribution >= 4 is 11.9 Å². The molecule has 4 heteroatoms. The zero-order chi connectivity index (χ0) is 26.5. The van der Waals surface area contributed by atoms with Gasteiger partial charge in [0.25, 0.3) is 0 Å². The first-order chi connectivity index (χ1) is 16.7. The summed E-state index contributed by atoms with van der Waals surface area (Å²) in [6.07, 6.45) is 19.4. The van der Waals surface area contributed by atoms with Crippen LogP contribution in [0.15, 0.2) is 0 Å². The summed E-state index contributed by atoms with van der Waals surface area (Å²) >= 11 is 0. The molecule has 0 radical (unpaired) electrons. The maximum absolute atomic E-state index is 13.5. The molecule has 0 spiro atoms. The number of carbonyl (C=O) groups excluding carboxylic acids is 1. The standard InChI is InChI=1S/C31H60O4/c1-7-11-21-27(9-3)24-31(6,30(34)35-25-28(10-4)22-12-8-2)26(5)20-18-16-14-13-15-17-19-23-29(32)33/h26-28H,7-25H2,1-6H3,(H,32,33). The summed E-state index contributed by atoms with van der Waals surface area (Å²) in [5.74, 6) is 0.732. The minimum Gasteiger partial charge on any atom is -0.481 e. The van der Waals surface area contributed by atoms with Crippen molar-refractivity contribution in [2.45, 2.75) is 157 Å². The van der Waals surface area contributed by atoms with Gasteiger partial charge in [0, 0.05) is 6.42 Å². The number of ether oxygens (including phenoxy) is 1. The van der Waals surface area contributed by atoms with Crippen LogP contribution in [0.2, 0.25) is 0 Å². The first-order valence-corrected chi connectivity index (χ1v) is 15.1. The molecule has 0 aromatic heterocycles. The van der Waals surface area contributed by atoms with Gasteiger partial charge in [-0.3, -0.25) is 9.59 Å². The van der Waals surface area contributed by atoms with Crippen LogP contribution in [0.1, 0.15) is 157 Å². The molecule has 0 saturated heterocycles. The van der Waals surface area contributed by atoms with Gasteiger partial charge < -0.3 is 9.84 Å². The van der Waals surface area contributed by atoms with Crippen molar-refractivity contribution in [1.29, 1.82) is 0 Å². The lowest BCUT2D eigenvalue weighted by Crippen LogP contribution is -2.39. The largest absolute Gasteiger partial charge is 0.481 e. The number of hydrogen-bond acceptors (Lipinski definition) is 3. The van der Waals surface area contributed by atoms with Crippen molar-refractivity contribution < 1.29 is 19.4 Å². The number of hydrogen-bond donors (Lipinski definition) is 1. The van der Waals surface area contributed by atoms with E-state index in [0.717, 1.165) is 57.8 Å². The zero-order valence-electron chi connectivity index (χ0n) is 24.3. The molecular formula is C31H60O4. The molecule has 0 bridgehead atoms. The summed E-state index contributed by atoms with van der Waals surface area (Å²) in [5.41, 5.74) is -0.408. The Balaban J connectivity index is 4.86. The molecule has 0 aliphatic heterocycles. The van der Waals surface area contributed by atoms with E-state index in [2.05, 4.69) is 41.5 Å². The Morgan fingerprint density at radius 3 is 1.77 bits per heavy atom. The van der Waals surface area contributed by atoms with E-state index in [1.807, 2.05) is 0 Å². The molecule has 0 rings (SSSR count). The first-order valence-electron chi connectivity index (χ1n) is 15.1. The number of carboxylic acids is 1. The van der Waals surface area contributed by atoms with E-state index >= 15 is 0 Å². The lowest BCUT2D eigenvalue weighted by molar-refractivity contribution is -0.161. The van der Waals surface area contributed by atoms with Crippen molar-refractivity contribution in [2.24, 2.45) is 23.2 Å². The van der Waals surface area contributed by atoms with E-state index in [1.165, 1.54) is 51.4 Å². The quantitative estimate of drug-likeness (QED) is 0.107. The maximum atomic E-state index is 13.5. The van der Waals surface area contributed by atoms with Crippen LogP contribution in [0.3, 0.4) is 0 Å². The monoisotopic (exact) mass is 496 g/mol. The van der Waals surface area contributed by atoms with Crippen LogP contribution in [0, 0.1) is 23.2 Å². The summed E-state index contributed by atoms with van der Waals surface area (Å²) in [5, 5.41) is 8.73. The van der Waals surface area contributed by atoms with Gasteiger partial charge in [0.1, 0.15) is 0 Å². The summed E-state index contributed by atoms with van der Waals surface area (Å²) in [7, 11) is 0. The molecule has 0 aromatic rings. The molecule has 4 unspecified atom stereocenters. The lowest BCUT2D eigenvalue weighted by Gasteiger charge is -2.37. The van der Waals surface area contributed by atoms with Gasteiger partial charge in [-0.2, -0.15) is 0 Å². The third kappa shape index (κ3) is 15.6. The molecule has 0 fully saturated rings. The van der Waals surface area contributed by atoms with Gasteiger partial charge in [-0.25, -0.2) is 0 Å². The summed E-state index contributed by atoms with van der Waals surface area (Å²) in [4.78, 5) is 24.1. The molecule has 0 aliphatic carbocycles. The van der Waals surface area contributed by atoms with Crippen LogP contribution in [-0.4, -0.2) is 23.7 Å². The summed E-state index contributed by atoms with van der Waals surface area (Å²) in [6.45, 7) is 14.0. The van der Waals surface area contributed by atoms with Crippen LogP contribution >= 0.6 is 0 Å². The highest BCUT2D eigenvalue weighted by atomic mass is 16.5. The van der Waals surface area contributed by atoms with E-state index in [1.54, 1.807) is 0 Å². The third-order valence-electron chi connectivity index (χ3n) is 8.33. The lowest BCUT2D eigenvalue weighted by atomic mass is 9.69. The van der Waals surface area contributed by atoms with Gasteiger partial charge in [-0.1, -0.05) is 118 Å². The number of carboxylic acid groups (broad SMARTS) is 1. The van der Waals surface area contributed by atoms with Crippen LogP contribution in [-0.2, 0) is 14.3 Å². The second-order valence-electron chi connectivity index (χ2n) is 11.4. The number of rotatable bonds is 24. The molecule has 35 heavy (non-hydrogen) atoms. The van der Waals surface area contributed by atoms with Crippen LogP contribution in [0.5, 0.6) is 0 Å². The van der Waals surface area contributed by atoms with Crippen LogP contribution < -0.4 is 0 Å². The van der Waals surface area contributed by atoms with Crippen molar-refractivity contribution in [2.75, 3.05) is 6.61 Å². The van der Waals surface area contributed by atoms with E-state index < -0.39 is 11.4 Å². The molecular weight excluding hydrogens is 436 g/mol. The first kappa shape index (κ1) is 33.9. The Morgan fingerprint density at radius 1 is 0.743 bits per heavy atom. The molecule has 208 valence electrons. The minimum atomic E-state index is -0.688. The number of carbonyl (C=O) groups is 2. The Hall–Kier alpha value is -1.06. The van der Waals surface area contributed by atoms with Gasteiger partial charge in [-0.15, -0.1) is 0 Å². The molecule has 0 heterocycles. The Kier molecular flexibility index (Phi) is 20.4. The number of esters is 1. The van der Waals surface area contributed by atoms with Gasteiger partial charge in [0.05, 0.1) is 12.0 Å². The van der Waals surface area contributed by atoms with Crippen LogP contribution in [0.4, 0.5) is 0 Å². The number of aliphatic carboxylic acids is 1. The molecule has 4 atom stereocenters. The van der Waals surface area contributed by atoms with Crippen molar-refractivity contribution in [3.63, 3.8) is 0 Å². The van der Waals surface area contributed by atoms with E-state index in [9.17, 15) is 9.59 Å². The van der Waals surface area contributed by atoms with Crippen molar-refractivity contribution in [3.8, 4) is 0 Å². The van der Waals surface area contributed by atoms with E-state index in [4.69, 9.17) is 9.84 Å².